The van der Waals surface area contributed by atoms with E-state index >= 15 is 0 Å². The zero-order chi connectivity index (χ0) is 14.5. The van der Waals surface area contributed by atoms with E-state index in [0.29, 0.717) is 12.3 Å². The van der Waals surface area contributed by atoms with Gasteiger partial charge >= 0.3 is 0 Å². The first-order valence-electron chi connectivity index (χ1n) is 7.01. The van der Waals surface area contributed by atoms with Gasteiger partial charge in [-0.25, -0.2) is 0 Å². The van der Waals surface area contributed by atoms with Gasteiger partial charge in [0.05, 0.1) is 0 Å². The number of hydrogen-bond acceptors (Lipinski definition) is 2. The summed E-state index contributed by atoms with van der Waals surface area (Å²) in [4.78, 5) is 11.5. The van der Waals surface area contributed by atoms with Gasteiger partial charge < -0.3 is 4.74 Å². The minimum atomic E-state index is 0.151. The summed E-state index contributed by atoms with van der Waals surface area (Å²) in [5.41, 5.74) is 2.02. The van der Waals surface area contributed by atoms with Crippen molar-refractivity contribution in [1.82, 2.24) is 0 Å². The molecule has 2 aromatic rings. The minimum absolute atomic E-state index is 0.151. The molecular weight excluding hydrogens is 248 g/mol. The molecule has 2 aromatic carbocycles. The summed E-state index contributed by atoms with van der Waals surface area (Å²) in [5.74, 6) is 2.22. The molecule has 0 spiro atoms. The van der Waals surface area contributed by atoms with E-state index in [4.69, 9.17) is 4.74 Å². The molecule has 0 aliphatic carbocycles. The fourth-order valence-corrected chi connectivity index (χ4v) is 1.97. The van der Waals surface area contributed by atoms with Gasteiger partial charge in [0.2, 0.25) is 0 Å². The van der Waals surface area contributed by atoms with Crippen molar-refractivity contribution in [2.24, 2.45) is 0 Å². The van der Waals surface area contributed by atoms with Crippen molar-refractivity contribution in [2.75, 3.05) is 0 Å². The number of benzene rings is 2. The van der Waals surface area contributed by atoms with E-state index in [1.165, 1.54) is 5.56 Å². The molecule has 2 rings (SSSR count). The van der Waals surface area contributed by atoms with Gasteiger partial charge in [0, 0.05) is 12.0 Å². The van der Waals surface area contributed by atoms with Crippen LogP contribution in [0, 0.1) is 0 Å². The first-order valence-corrected chi connectivity index (χ1v) is 7.01. The summed E-state index contributed by atoms with van der Waals surface area (Å²) >= 11 is 0. The van der Waals surface area contributed by atoms with Crippen LogP contribution in [0.1, 0.15) is 49.0 Å². The van der Waals surface area contributed by atoms with Crippen LogP contribution < -0.4 is 4.74 Å². The highest BCUT2D eigenvalue weighted by molar-refractivity contribution is 5.95. The van der Waals surface area contributed by atoms with Crippen LogP contribution in [0.5, 0.6) is 11.5 Å². The first kappa shape index (κ1) is 14.3. The zero-order valence-electron chi connectivity index (χ0n) is 12.2. The summed E-state index contributed by atoms with van der Waals surface area (Å²) < 4.78 is 5.77. The van der Waals surface area contributed by atoms with Crippen molar-refractivity contribution < 1.29 is 9.53 Å². The van der Waals surface area contributed by atoms with Crippen LogP contribution in [-0.2, 0) is 0 Å². The van der Waals surface area contributed by atoms with Crippen LogP contribution in [-0.4, -0.2) is 5.78 Å². The van der Waals surface area contributed by atoms with Gasteiger partial charge in [-0.3, -0.25) is 4.79 Å². The third-order valence-corrected chi connectivity index (χ3v) is 3.28. The molecule has 0 heterocycles. The second kappa shape index (κ2) is 6.38. The van der Waals surface area contributed by atoms with Crippen molar-refractivity contribution in [1.29, 1.82) is 0 Å². The van der Waals surface area contributed by atoms with E-state index in [1.54, 1.807) is 0 Å². The average Bonchev–Trinajstić information content (AvgIpc) is 2.48. The lowest BCUT2D eigenvalue weighted by Gasteiger charge is -2.09. The molecule has 0 N–H and O–H groups in total. The molecule has 2 heteroatoms. The molecule has 0 aliphatic heterocycles. The summed E-state index contributed by atoms with van der Waals surface area (Å²) in [6.07, 6.45) is 0.525. The van der Waals surface area contributed by atoms with Gasteiger partial charge in [-0.15, -0.1) is 0 Å². The summed E-state index contributed by atoms with van der Waals surface area (Å²) in [5, 5.41) is 0. The number of hydrogen-bond donors (Lipinski definition) is 0. The van der Waals surface area contributed by atoms with Crippen molar-refractivity contribution in [3.05, 3.63) is 59.7 Å². The monoisotopic (exact) mass is 268 g/mol. The van der Waals surface area contributed by atoms with Crippen LogP contribution in [0.4, 0.5) is 0 Å². The fraction of sp³-hybridized carbons (Fsp3) is 0.278. The van der Waals surface area contributed by atoms with Crippen LogP contribution in [0.2, 0.25) is 0 Å². The van der Waals surface area contributed by atoms with Gasteiger partial charge in [-0.2, -0.15) is 0 Å². The van der Waals surface area contributed by atoms with Crippen LogP contribution in [0.3, 0.4) is 0 Å². The molecule has 20 heavy (non-hydrogen) atoms. The zero-order valence-corrected chi connectivity index (χ0v) is 12.2. The molecule has 0 saturated carbocycles. The largest absolute Gasteiger partial charge is 0.457 e. The molecule has 0 radical (unpaired) electrons. The van der Waals surface area contributed by atoms with E-state index in [-0.39, 0.29) is 5.78 Å². The smallest absolute Gasteiger partial charge is 0.162 e. The predicted molar refractivity (Wildman–Crippen MR) is 81.7 cm³/mol. The molecule has 0 fully saturated rings. The lowest BCUT2D eigenvalue weighted by Crippen LogP contribution is -1.95. The first-order chi connectivity index (χ1) is 9.60. The van der Waals surface area contributed by atoms with Crippen LogP contribution in [0.15, 0.2) is 48.5 Å². The number of carbonyl (C=O) groups excluding carboxylic acids is 1. The van der Waals surface area contributed by atoms with Crippen LogP contribution in [0.25, 0.3) is 0 Å². The Labute approximate surface area is 120 Å². The molecule has 0 unspecified atom stereocenters. The molecule has 104 valence electrons. The quantitative estimate of drug-likeness (QED) is 0.697. The summed E-state index contributed by atoms with van der Waals surface area (Å²) in [6, 6.07) is 15.4. The second-order valence-electron chi connectivity index (χ2n) is 5.13. The highest BCUT2D eigenvalue weighted by Crippen LogP contribution is 2.24. The summed E-state index contributed by atoms with van der Waals surface area (Å²) in [6.45, 7) is 6.20. The van der Waals surface area contributed by atoms with Gasteiger partial charge in [-0.05, 0) is 47.9 Å². The Hall–Kier alpha value is -2.09. The van der Waals surface area contributed by atoms with E-state index in [2.05, 4.69) is 26.0 Å². The maximum Gasteiger partial charge on any atom is 0.162 e. The Bertz CT molecular complexity index is 565. The predicted octanol–water partition coefficient (Wildman–Crippen LogP) is 5.20. The van der Waals surface area contributed by atoms with Gasteiger partial charge in [0.1, 0.15) is 11.5 Å². The fourth-order valence-electron chi connectivity index (χ4n) is 1.97. The van der Waals surface area contributed by atoms with Gasteiger partial charge in [0.15, 0.2) is 5.78 Å². The third-order valence-electron chi connectivity index (χ3n) is 3.28. The van der Waals surface area contributed by atoms with Gasteiger partial charge in [0.25, 0.3) is 0 Å². The SMILES string of the molecule is CCC(=O)c1ccc(Oc2ccc(C(C)C)cc2)cc1. The van der Waals surface area contributed by atoms with Crippen molar-refractivity contribution in [3.63, 3.8) is 0 Å². The number of ketones is 1. The molecule has 0 amide bonds. The molecule has 0 bridgehead atoms. The Kier molecular flexibility index (Phi) is 4.57. The molecular formula is C18H20O2. The number of rotatable bonds is 5. The lowest BCUT2D eigenvalue weighted by atomic mass is 10.0. The number of carbonyl (C=O) groups is 1. The van der Waals surface area contributed by atoms with E-state index < -0.39 is 0 Å². The van der Waals surface area contributed by atoms with E-state index in [9.17, 15) is 4.79 Å². The van der Waals surface area contributed by atoms with Crippen molar-refractivity contribution in [2.45, 2.75) is 33.1 Å². The highest BCUT2D eigenvalue weighted by atomic mass is 16.5. The third kappa shape index (κ3) is 3.47. The molecule has 0 saturated heterocycles. The Morgan fingerprint density at radius 2 is 1.45 bits per heavy atom. The Morgan fingerprint density at radius 1 is 0.950 bits per heavy atom. The topological polar surface area (TPSA) is 26.3 Å². The van der Waals surface area contributed by atoms with E-state index in [1.807, 2.05) is 43.3 Å². The molecule has 0 aromatic heterocycles. The Morgan fingerprint density at radius 3 is 1.90 bits per heavy atom. The molecule has 0 atom stereocenters. The van der Waals surface area contributed by atoms with E-state index in [0.717, 1.165) is 17.1 Å². The highest BCUT2D eigenvalue weighted by Gasteiger charge is 2.04. The van der Waals surface area contributed by atoms with Crippen LogP contribution >= 0.6 is 0 Å². The van der Waals surface area contributed by atoms with Gasteiger partial charge in [-0.1, -0.05) is 32.9 Å². The van der Waals surface area contributed by atoms with Crippen molar-refractivity contribution >= 4 is 5.78 Å². The summed E-state index contributed by atoms with van der Waals surface area (Å²) in [7, 11) is 0. The maximum absolute atomic E-state index is 11.5. The molecule has 2 nitrogen and oxygen atoms in total. The number of Topliss-reactive ketones (excluding diaryl/α,β-unsaturated/α-hetero) is 1. The lowest BCUT2D eigenvalue weighted by molar-refractivity contribution is 0.0988. The Balaban J connectivity index is 2.08. The minimum Gasteiger partial charge on any atom is -0.457 e. The van der Waals surface area contributed by atoms with Crippen molar-refractivity contribution in [3.8, 4) is 11.5 Å². The number of ether oxygens (including phenoxy) is 1. The molecule has 0 aliphatic rings. The maximum atomic E-state index is 11.5. The average molecular weight is 268 g/mol. The normalized spacial score (nSPS) is 10.6. The second-order valence-corrected chi connectivity index (χ2v) is 5.13. The standard InChI is InChI=1S/C18H20O2/c1-4-18(19)15-7-11-17(12-8-15)20-16-9-5-14(6-10-16)13(2)3/h5-13H,4H2,1-3H3.